The summed E-state index contributed by atoms with van der Waals surface area (Å²) in [5.41, 5.74) is 0. The average molecular weight is 281 g/mol. The van der Waals surface area contributed by atoms with Gasteiger partial charge in [-0.2, -0.15) is 0 Å². The largest absolute Gasteiger partial charge is 0.331 e. The van der Waals surface area contributed by atoms with Crippen molar-refractivity contribution in [2.75, 3.05) is 11.9 Å². The van der Waals surface area contributed by atoms with Crippen LogP contribution in [-0.4, -0.2) is 34.3 Å². The van der Waals surface area contributed by atoms with Gasteiger partial charge in [-0.05, 0) is 12.8 Å². The molecule has 19 heavy (non-hydrogen) atoms. The second-order valence-electron chi connectivity index (χ2n) is 4.82. The van der Waals surface area contributed by atoms with Gasteiger partial charge in [-0.3, -0.25) is 9.59 Å². The van der Waals surface area contributed by atoms with Crippen LogP contribution < -0.4 is 5.32 Å². The maximum atomic E-state index is 11.9. The number of aromatic nitrogens is 1. The molecule has 0 atom stereocenters. The molecule has 2 rings (SSSR count). The van der Waals surface area contributed by atoms with Gasteiger partial charge >= 0.3 is 0 Å². The van der Waals surface area contributed by atoms with Crippen molar-refractivity contribution in [3.8, 4) is 0 Å². The smallest absolute Gasteiger partial charge is 0.245 e. The molecular weight excluding hydrogens is 262 g/mol. The Labute approximate surface area is 117 Å². The van der Waals surface area contributed by atoms with Crippen molar-refractivity contribution in [1.82, 2.24) is 9.88 Å². The highest BCUT2D eigenvalue weighted by Crippen LogP contribution is 2.22. The van der Waals surface area contributed by atoms with E-state index in [0.29, 0.717) is 5.13 Å². The van der Waals surface area contributed by atoms with Crippen molar-refractivity contribution in [3.63, 3.8) is 0 Å². The third-order valence-corrected chi connectivity index (χ3v) is 4.10. The fourth-order valence-electron chi connectivity index (χ4n) is 2.49. The SMILES string of the molecule is CC(=O)N(CC(=O)Nc1nccs1)C1CCCCC1. The molecule has 1 aromatic heterocycles. The lowest BCUT2D eigenvalue weighted by atomic mass is 9.94. The summed E-state index contributed by atoms with van der Waals surface area (Å²) in [5, 5.41) is 5.11. The number of hydrogen-bond donors (Lipinski definition) is 1. The molecule has 104 valence electrons. The number of hydrogen-bond acceptors (Lipinski definition) is 4. The van der Waals surface area contributed by atoms with Crippen LogP contribution >= 0.6 is 11.3 Å². The maximum Gasteiger partial charge on any atom is 0.245 e. The predicted molar refractivity (Wildman–Crippen MR) is 75.0 cm³/mol. The third-order valence-electron chi connectivity index (χ3n) is 3.41. The molecule has 1 fully saturated rings. The predicted octanol–water partition coefficient (Wildman–Crippen LogP) is 2.26. The van der Waals surface area contributed by atoms with Gasteiger partial charge in [0.05, 0.1) is 0 Å². The number of carbonyl (C=O) groups excluding carboxylic acids is 2. The molecule has 1 heterocycles. The lowest BCUT2D eigenvalue weighted by molar-refractivity contribution is -0.135. The maximum absolute atomic E-state index is 11.9. The number of thiazole rings is 1. The number of carbonyl (C=O) groups is 2. The number of rotatable bonds is 4. The minimum Gasteiger partial charge on any atom is -0.331 e. The molecule has 1 aliphatic carbocycles. The van der Waals surface area contributed by atoms with Crippen molar-refractivity contribution in [3.05, 3.63) is 11.6 Å². The van der Waals surface area contributed by atoms with Crippen molar-refractivity contribution >= 4 is 28.3 Å². The fraction of sp³-hybridized carbons (Fsp3) is 0.615. The van der Waals surface area contributed by atoms with Gasteiger partial charge in [0.1, 0.15) is 6.54 Å². The van der Waals surface area contributed by atoms with Crippen LogP contribution in [0.5, 0.6) is 0 Å². The first-order valence-corrected chi connectivity index (χ1v) is 7.51. The number of anilines is 1. The van der Waals surface area contributed by atoms with Crippen molar-refractivity contribution in [1.29, 1.82) is 0 Å². The van der Waals surface area contributed by atoms with E-state index in [1.165, 1.54) is 24.7 Å². The second kappa shape index (κ2) is 6.65. The van der Waals surface area contributed by atoms with Crippen LogP contribution in [0.15, 0.2) is 11.6 Å². The highest BCUT2D eigenvalue weighted by Gasteiger charge is 2.25. The molecule has 0 saturated heterocycles. The molecule has 1 saturated carbocycles. The summed E-state index contributed by atoms with van der Waals surface area (Å²) in [6.45, 7) is 1.66. The van der Waals surface area contributed by atoms with E-state index in [2.05, 4.69) is 10.3 Å². The van der Waals surface area contributed by atoms with Crippen LogP contribution in [0.3, 0.4) is 0 Å². The van der Waals surface area contributed by atoms with Gasteiger partial charge in [0.15, 0.2) is 5.13 Å². The summed E-state index contributed by atoms with van der Waals surface area (Å²) < 4.78 is 0. The van der Waals surface area contributed by atoms with Gasteiger partial charge in [0.25, 0.3) is 0 Å². The van der Waals surface area contributed by atoms with Crippen LogP contribution in [0.4, 0.5) is 5.13 Å². The summed E-state index contributed by atoms with van der Waals surface area (Å²) in [6.07, 6.45) is 7.16. The van der Waals surface area contributed by atoms with E-state index < -0.39 is 0 Å². The summed E-state index contributed by atoms with van der Waals surface area (Å²) in [7, 11) is 0. The summed E-state index contributed by atoms with van der Waals surface area (Å²) in [6, 6.07) is 0.216. The van der Waals surface area contributed by atoms with Crippen LogP contribution in [0.1, 0.15) is 39.0 Å². The van der Waals surface area contributed by atoms with Crippen molar-refractivity contribution < 1.29 is 9.59 Å². The molecule has 5 nitrogen and oxygen atoms in total. The summed E-state index contributed by atoms with van der Waals surface area (Å²) in [4.78, 5) is 29.3. The Morgan fingerprint density at radius 1 is 1.42 bits per heavy atom. The van der Waals surface area contributed by atoms with E-state index in [1.54, 1.807) is 16.5 Å². The molecule has 1 aromatic rings. The zero-order valence-corrected chi connectivity index (χ0v) is 11.9. The molecular formula is C13H19N3O2S. The second-order valence-corrected chi connectivity index (χ2v) is 5.72. The Hall–Kier alpha value is -1.43. The topological polar surface area (TPSA) is 62.3 Å². The van der Waals surface area contributed by atoms with E-state index >= 15 is 0 Å². The normalized spacial score (nSPS) is 16.1. The Bertz CT molecular complexity index is 427. The first-order valence-electron chi connectivity index (χ1n) is 6.63. The molecule has 0 bridgehead atoms. The molecule has 1 aliphatic rings. The van der Waals surface area contributed by atoms with E-state index in [9.17, 15) is 9.59 Å². The van der Waals surface area contributed by atoms with Crippen LogP contribution in [0, 0.1) is 0 Å². The number of nitrogens with one attached hydrogen (secondary N) is 1. The molecule has 2 amide bonds. The summed E-state index contributed by atoms with van der Waals surface area (Å²) >= 11 is 1.38. The Kier molecular flexibility index (Phi) is 4.90. The van der Waals surface area contributed by atoms with E-state index in [1.807, 2.05) is 0 Å². The lowest BCUT2D eigenvalue weighted by Gasteiger charge is -2.33. The van der Waals surface area contributed by atoms with Crippen molar-refractivity contribution in [2.45, 2.75) is 45.1 Å². The molecule has 0 radical (unpaired) electrons. The third kappa shape index (κ3) is 4.02. The van der Waals surface area contributed by atoms with Crippen LogP contribution in [-0.2, 0) is 9.59 Å². The summed E-state index contributed by atoms with van der Waals surface area (Å²) in [5.74, 6) is -0.197. The standard InChI is InChI=1S/C13H19N3O2S/c1-10(17)16(11-5-3-2-4-6-11)9-12(18)15-13-14-7-8-19-13/h7-8,11H,2-6,9H2,1H3,(H,14,15,18). The van der Waals surface area contributed by atoms with Crippen LogP contribution in [0.2, 0.25) is 0 Å². The number of nitrogens with zero attached hydrogens (tertiary/aromatic N) is 2. The fourth-order valence-corrected chi connectivity index (χ4v) is 3.03. The first-order chi connectivity index (χ1) is 9.16. The Balaban J connectivity index is 1.92. The lowest BCUT2D eigenvalue weighted by Crippen LogP contribution is -2.44. The molecule has 1 N–H and O–H groups in total. The quantitative estimate of drug-likeness (QED) is 0.921. The van der Waals surface area contributed by atoms with Crippen molar-refractivity contribution in [2.24, 2.45) is 0 Å². The molecule has 6 heteroatoms. The zero-order valence-electron chi connectivity index (χ0n) is 11.1. The highest BCUT2D eigenvalue weighted by molar-refractivity contribution is 7.13. The first kappa shape index (κ1) is 14.0. The monoisotopic (exact) mass is 281 g/mol. The van der Waals surface area contributed by atoms with Gasteiger partial charge < -0.3 is 10.2 Å². The van der Waals surface area contributed by atoms with Gasteiger partial charge in [0, 0.05) is 24.5 Å². The molecule has 0 aromatic carbocycles. The van der Waals surface area contributed by atoms with E-state index in [-0.39, 0.29) is 24.4 Å². The molecule has 0 aliphatic heterocycles. The number of amides is 2. The molecule has 0 spiro atoms. The minimum absolute atomic E-state index is 0.0267. The van der Waals surface area contributed by atoms with Gasteiger partial charge in [0.2, 0.25) is 11.8 Å². The molecule has 0 unspecified atom stereocenters. The van der Waals surface area contributed by atoms with Gasteiger partial charge in [-0.25, -0.2) is 4.98 Å². The average Bonchev–Trinajstić information content (AvgIpc) is 2.89. The van der Waals surface area contributed by atoms with Crippen LogP contribution in [0.25, 0.3) is 0 Å². The van der Waals surface area contributed by atoms with Gasteiger partial charge in [-0.15, -0.1) is 11.3 Å². The Morgan fingerprint density at radius 3 is 2.74 bits per heavy atom. The zero-order chi connectivity index (χ0) is 13.7. The Morgan fingerprint density at radius 2 is 2.16 bits per heavy atom. The van der Waals surface area contributed by atoms with E-state index in [0.717, 1.165) is 25.7 Å². The van der Waals surface area contributed by atoms with Gasteiger partial charge in [-0.1, -0.05) is 19.3 Å². The van der Waals surface area contributed by atoms with E-state index in [4.69, 9.17) is 0 Å². The minimum atomic E-state index is -0.171. The highest BCUT2D eigenvalue weighted by atomic mass is 32.1.